The summed E-state index contributed by atoms with van der Waals surface area (Å²) in [6, 6.07) is 6.72. The van der Waals surface area contributed by atoms with Gasteiger partial charge in [0.2, 0.25) is 0 Å². The van der Waals surface area contributed by atoms with Crippen LogP contribution in [0.3, 0.4) is 0 Å². The Kier molecular flexibility index (Phi) is 6.15. The summed E-state index contributed by atoms with van der Waals surface area (Å²) >= 11 is 0. The van der Waals surface area contributed by atoms with Crippen molar-refractivity contribution in [3.05, 3.63) is 35.6 Å². The lowest BCUT2D eigenvalue weighted by Gasteiger charge is -2.33. The Bertz CT molecular complexity index is 433. The summed E-state index contributed by atoms with van der Waals surface area (Å²) in [4.78, 5) is 2.17. The SMILES string of the molecule is CC(C)N(CC1CCCCO1)CC(O)c1ccccc1F. The van der Waals surface area contributed by atoms with Gasteiger partial charge in [0, 0.05) is 31.3 Å². The van der Waals surface area contributed by atoms with Crippen LogP contribution < -0.4 is 0 Å². The molecule has 0 saturated carbocycles. The molecule has 1 saturated heterocycles. The summed E-state index contributed by atoms with van der Waals surface area (Å²) in [5.41, 5.74) is 0.368. The molecule has 0 amide bonds. The van der Waals surface area contributed by atoms with E-state index in [2.05, 4.69) is 18.7 Å². The number of rotatable bonds is 6. The molecule has 1 fully saturated rings. The first-order valence-electron chi connectivity index (χ1n) is 7.86. The standard InChI is InChI=1S/C17H26FNO2/c1-13(2)19(11-14-7-5-6-10-21-14)12-17(20)15-8-3-4-9-16(15)18/h3-4,8-9,13-14,17,20H,5-7,10-12H2,1-2H3. The maximum absolute atomic E-state index is 13.7. The fraction of sp³-hybridized carbons (Fsp3) is 0.647. The third kappa shape index (κ3) is 4.77. The minimum atomic E-state index is -0.808. The van der Waals surface area contributed by atoms with Gasteiger partial charge in [0.05, 0.1) is 12.2 Å². The predicted molar refractivity (Wildman–Crippen MR) is 81.7 cm³/mol. The van der Waals surface area contributed by atoms with Crippen molar-refractivity contribution in [3.8, 4) is 0 Å². The molecule has 0 radical (unpaired) electrons. The molecule has 0 aliphatic carbocycles. The summed E-state index contributed by atoms with van der Waals surface area (Å²) in [7, 11) is 0. The van der Waals surface area contributed by atoms with Crippen molar-refractivity contribution < 1.29 is 14.2 Å². The lowest BCUT2D eigenvalue weighted by Crippen LogP contribution is -2.42. The van der Waals surface area contributed by atoms with Gasteiger partial charge < -0.3 is 9.84 Å². The van der Waals surface area contributed by atoms with Crippen LogP contribution in [0.4, 0.5) is 4.39 Å². The smallest absolute Gasteiger partial charge is 0.129 e. The number of aliphatic hydroxyl groups excluding tert-OH is 1. The highest BCUT2D eigenvalue weighted by atomic mass is 19.1. The van der Waals surface area contributed by atoms with Crippen LogP contribution in [0.15, 0.2) is 24.3 Å². The van der Waals surface area contributed by atoms with Gasteiger partial charge in [0.1, 0.15) is 5.82 Å². The third-order valence-electron chi connectivity index (χ3n) is 4.11. The van der Waals surface area contributed by atoms with Gasteiger partial charge in [0.25, 0.3) is 0 Å². The first kappa shape index (κ1) is 16.4. The van der Waals surface area contributed by atoms with Gasteiger partial charge in [-0.25, -0.2) is 4.39 Å². The number of hydrogen-bond donors (Lipinski definition) is 1. The Hall–Kier alpha value is -0.970. The molecule has 1 aliphatic rings. The zero-order valence-corrected chi connectivity index (χ0v) is 13.0. The van der Waals surface area contributed by atoms with Crippen molar-refractivity contribution >= 4 is 0 Å². The van der Waals surface area contributed by atoms with Crippen molar-refractivity contribution in [1.82, 2.24) is 4.90 Å². The molecular formula is C17H26FNO2. The van der Waals surface area contributed by atoms with E-state index in [4.69, 9.17) is 4.74 Å². The molecule has 0 spiro atoms. The molecule has 21 heavy (non-hydrogen) atoms. The van der Waals surface area contributed by atoms with Crippen LogP contribution in [-0.4, -0.2) is 41.8 Å². The number of halogens is 1. The Morgan fingerprint density at radius 2 is 2.10 bits per heavy atom. The second-order valence-corrected chi connectivity index (χ2v) is 6.07. The van der Waals surface area contributed by atoms with Gasteiger partial charge in [-0.15, -0.1) is 0 Å². The molecule has 1 aromatic carbocycles. The second-order valence-electron chi connectivity index (χ2n) is 6.07. The number of benzene rings is 1. The van der Waals surface area contributed by atoms with Crippen LogP contribution in [0, 0.1) is 5.82 Å². The molecule has 1 aromatic rings. The Labute approximate surface area is 126 Å². The Morgan fingerprint density at radius 3 is 2.71 bits per heavy atom. The summed E-state index contributed by atoms with van der Waals surface area (Å²) in [5, 5.41) is 10.3. The normalized spacial score (nSPS) is 21.0. The molecule has 118 valence electrons. The average Bonchev–Trinajstić information content (AvgIpc) is 2.48. The van der Waals surface area contributed by atoms with E-state index >= 15 is 0 Å². The number of nitrogens with zero attached hydrogens (tertiary/aromatic N) is 1. The molecule has 1 aliphatic heterocycles. The van der Waals surface area contributed by atoms with Crippen LogP contribution in [0.2, 0.25) is 0 Å². The van der Waals surface area contributed by atoms with Crippen LogP contribution in [0.5, 0.6) is 0 Å². The van der Waals surface area contributed by atoms with Gasteiger partial charge >= 0.3 is 0 Å². The van der Waals surface area contributed by atoms with Crippen LogP contribution in [0.25, 0.3) is 0 Å². The lowest BCUT2D eigenvalue weighted by atomic mass is 10.1. The van der Waals surface area contributed by atoms with Crippen LogP contribution >= 0.6 is 0 Å². The van der Waals surface area contributed by atoms with Crippen molar-refractivity contribution in [2.45, 2.75) is 51.4 Å². The average molecular weight is 295 g/mol. The largest absolute Gasteiger partial charge is 0.387 e. The van der Waals surface area contributed by atoms with Crippen molar-refractivity contribution in [2.75, 3.05) is 19.7 Å². The molecular weight excluding hydrogens is 269 g/mol. The van der Waals surface area contributed by atoms with Crippen molar-refractivity contribution in [2.24, 2.45) is 0 Å². The second kappa shape index (κ2) is 7.87. The predicted octanol–water partition coefficient (Wildman–Crippen LogP) is 3.14. The van der Waals surface area contributed by atoms with E-state index < -0.39 is 6.10 Å². The monoisotopic (exact) mass is 295 g/mol. The fourth-order valence-corrected chi connectivity index (χ4v) is 2.77. The highest BCUT2D eigenvalue weighted by molar-refractivity contribution is 5.20. The maximum Gasteiger partial charge on any atom is 0.129 e. The number of ether oxygens (including phenoxy) is 1. The molecule has 0 bridgehead atoms. The van der Waals surface area contributed by atoms with Gasteiger partial charge in [-0.3, -0.25) is 4.90 Å². The quantitative estimate of drug-likeness (QED) is 0.875. The highest BCUT2D eigenvalue weighted by Gasteiger charge is 2.23. The van der Waals surface area contributed by atoms with E-state index in [9.17, 15) is 9.50 Å². The lowest BCUT2D eigenvalue weighted by molar-refractivity contribution is -0.0205. The van der Waals surface area contributed by atoms with E-state index in [0.717, 1.165) is 26.0 Å². The third-order valence-corrected chi connectivity index (χ3v) is 4.11. The van der Waals surface area contributed by atoms with Gasteiger partial charge in [-0.05, 0) is 39.2 Å². The number of hydrogen-bond acceptors (Lipinski definition) is 3. The summed E-state index contributed by atoms with van der Waals surface area (Å²) in [5.74, 6) is -0.345. The zero-order valence-electron chi connectivity index (χ0n) is 13.0. The van der Waals surface area contributed by atoms with E-state index in [1.54, 1.807) is 18.2 Å². The first-order valence-corrected chi connectivity index (χ1v) is 7.86. The van der Waals surface area contributed by atoms with E-state index in [1.165, 1.54) is 12.5 Å². The molecule has 1 N–H and O–H groups in total. The summed E-state index contributed by atoms with van der Waals surface area (Å²) in [6.07, 6.45) is 2.83. The van der Waals surface area contributed by atoms with Gasteiger partial charge in [-0.2, -0.15) is 0 Å². The summed E-state index contributed by atoms with van der Waals surface area (Å²) < 4.78 is 19.5. The van der Waals surface area contributed by atoms with Gasteiger partial charge in [-0.1, -0.05) is 18.2 Å². The van der Waals surface area contributed by atoms with E-state index in [0.29, 0.717) is 12.1 Å². The minimum Gasteiger partial charge on any atom is -0.387 e. The topological polar surface area (TPSA) is 32.7 Å². The van der Waals surface area contributed by atoms with Gasteiger partial charge in [0.15, 0.2) is 0 Å². The molecule has 4 heteroatoms. The maximum atomic E-state index is 13.7. The molecule has 0 aromatic heterocycles. The number of aliphatic hydroxyl groups is 1. The summed E-state index contributed by atoms with van der Waals surface area (Å²) in [6.45, 7) is 6.24. The Morgan fingerprint density at radius 1 is 1.33 bits per heavy atom. The van der Waals surface area contributed by atoms with Crippen LogP contribution in [0.1, 0.15) is 44.8 Å². The highest BCUT2D eigenvalue weighted by Crippen LogP contribution is 2.21. The Balaban J connectivity index is 1.97. The fourth-order valence-electron chi connectivity index (χ4n) is 2.77. The van der Waals surface area contributed by atoms with Crippen molar-refractivity contribution in [3.63, 3.8) is 0 Å². The molecule has 3 nitrogen and oxygen atoms in total. The molecule has 1 heterocycles. The molecule has 2 atom stereocenters. The minimum absolute atomic E-state index is 0.231. The van der Waals surface area contributed by atoms with Crippen molar-refractivity contribution in [1.29, 1.82) is 0 Å². The van der Waals surface area contributed by atoms with E-state index in [-0.39, 0.29) is 18.0 Å². The molecule has 2 unspecified atom stereocenters. The van der Waals surface area contributed by atoms with E-state index in [1.807, 2.05) is 0 Å². The first-order chi connectivity index (χ1) is 10.1. The molecule has 2 rings (SSSR count). The van der Waals surface area contributed by atoms with Crippen LogP contribution in [-0.2, 0) is 4.74 Å². The zero-order chi connectivity index (χ0) is 15.2.